The second kappa shape index (κ2) is 5.12. The molecular formula is C13H22N4O3. The van der Waals surface area contributed by atoms with Crippen LogP contribution in [0.1, 0.15) is 52.8 Å². The van der Waals surface area contributed by atoms with Gasteiger partial charge < -0.3 is 9.84 Å². The summed E-state index contributed by atoms with van der Waals surface area (Å²) in [5.41, 5.74) is -1.13. The van der Waals surface area contributed by atoms with Crippen molar-refractivity contribution in [2.45, 2.75) is 64.7 Å². The summed E-state index contributed by atoms with van der Waals surface area (Å²) in [7, 11) is 0. The lowest BCUT2D eigenvalue weighted by Crippen LogP contribution is -2.41. The van der Waals surface area contributed by atoms with Crippen LogP contribution in [0.15, 0.2) is 0 Å². The van der Waals surface area contributed by atoms with Crippen LogP contribution >= 0.6 is 0 Å². The second-order valence-corrected chi connectivity index (χ2v) is 5.81. The van der Waals surface area contributed by atoms with Crippen molar-refractivity contribution in [2.75, 3.05) is 0 Å². The first kappa shape index (κ1) is 14.9. The molecule has 0 saturated carbocycles. The van der Waals surface area contributed by atoms with E-state index in [2.05, 4.69) is 22.4 Å². The molecule has 0 spiro atoms. The van der Waals surface area contributed by atoms with Gasteiger partial charge >= 0.3 is 5.97 Å². The van der Waals surface area contributed by atoms with Gasteiger partial charge in [-0.2, -0.15) is 0 Å². The lowest BCUT2D eigenvalue weighted by Gasteiger charge is -2.27. The van der Waals surface area contributed by atoms with Crippen LogP contribution in [-0.4, -0.2) is 43.5 Å². The van der Waals surface area contributed by atoms with Crippen LogP contribution in [0.25, 0.3) is 0 Å². The highest BCUT2D eigenvalue weighted by molar-refractivity contribution is 5.76. The molecule has 0 bridgehead atoms. The molecule has 1 saturated heterocycles. The number of ether oxygens (including phenoxy) is 1. The van der Waals surface area contributed by atoms with Gasteiger partial charge in [0.2, 0.25) is 0 Å². The largest absolute Gasteiger partial charge is 0.479 e. The number of hydrogen-bond acceptors (Lipinski definition) is 5. The average Bonchev–Trinajstić information content (AvgIpc) is 2.95. The lowest BCUT2D eigenvalue weighted by atomic mass is 9.88. The van der Waals surface area contributed by atoms with E-state index in [1.54, 1.807) is 6.92 Å². The van der Waals surface area contributed by atoms with Crippen molar-refractivity contribution >= 4 is 5.97 Å². The molecule has 1 N–H and O–H groups in total. The Morgan fingerprint density at radius 3 is 2.50 bits per heavy atom. The van der Waals surface area contributed by atoms with Gasteiger partial charge in [-0.3, -0.25) is 0 Å². The fourth-order valence-corrected chi connectivity index (χ4v) is 2.86. The van der Waals surface area contributed by atoms with Gasteiger partial charge in [0.05, 0.1) is 18.1 Å². The number of rotatable bonds is 4. The minimum Gasteiger partial charge on any atom is -0.479 e. The molecule has 5 atom stereocenters. The van der Waals surface area contributed by atoms with Crippen LogP contribution in [0, 0.1) is 5.92 Å². The van der Waals surface area contributed by atoms with Gasteiger partial charge in [0, 0.05) is 0 Å². The van der Waals surface area contributed by atoms with Crippen LogP contribution in [0.4, 0.5) is 0 Å². The molecule has 0 radical (unpaired) electrons. The first-order valence-corrected chi connectivity index (χ1v) is 7.00. The van der Waals surface area contributed by atoms with Crippen molar-refractivity contribution in [1.29, 1.82) is 0 Å². The molecule has 1 fully saturated rings. The van der Waals surface area contributed by atoms with Crippen LogP contribution in [0.3, 0.4) is 0 Å². The van der Waals surface area contributed by atoms with E-state index >= 15 is 0 Å². The highest BCUT2D eigenvalue weighted by atomic mass is 16.5. The number of nitrogens with zero attached hydrogens (tertiary/aromatic N) is 4. The standard InChI is InChI=1S/C13H22N4O3/c1-6-13(5,12(18)19)17-11(14-15-16-17)10-7(2)8(3)20-9(10)4/h7-10H,6H2,1-5H3,(H,18,19). The van der Waals surface area contributed by atoms with Crippen molar-refractivity contribution in [3.63, 3.8) is 0 Å². The summed E-state index contributed by atoms with van der Waals surface area (Å²) in [6.45, 7) is 9.55. The number of aliphatic carboxylic acids is 1. The van der Waals surface area contributed by atoms with Crippen LogP contribution < -0.4 is 0 Å². The molecule has 0 aliphatic carbocycles. The van der Waals surface area contributed by atoms with E-state index in [0.717, 1.165) is 0 Å². The molecule has 2 rings (SSSR count). The molecule has 1 aliphatic heterocycles. The smallest absolute Gasteiger partial charge is 0.331 e. The molecule has 1 aliphatic rings. The average molecular weight is 282 g/mol. The number of hydrogen-bond donors (Lipinski definition) is 1. The Labute approximate surface area is 118 Å². The second-order valence-electron chi connectivity index (χ2n) is 5.81. The van der Waals surface area contributed by atoms with E-state index in [1.807, 2.05) is 20.8 Å². The Morgan fingerprint density at radius 1 is 1.40 bits per heavy atom. The maximum absolute atomic E-state index is 11.6. The van der Waals surface area contributed by atoms with E-state index < -0.39 is 11.5 Å². The van der Waals surface area contributed by atoms with E-state index in [1.165, 1.54) is 4.68 Å². The van der Waals surface area contributed by atoms with Crippen molar-refractivity contribution in [3.8, 4) is 0 Å². The number of tetrazole rings is 1. The fourth-order valence-electron chi connectivity index (χ4n) is 2.86. The Morgan fingerprint density at radius 2 is 2.05 bits per heavy atom. The highest BCUT2D eigenvalue weighted by Gasteiger charge is 2.45. The van der Waals surface area contributed by atoms with Crippen molar-refractivity contribution in [3.05, 3.63) is 5.82 Å². The third-order valence-corrected chi connectivity index (χ3v) is 4.65. The van der Waals surface area contributed by atoms with Gasteiger partial charge in [-0.1, -0.05) is 13.8 Å². The molecular weight excluding hydrogens is 260 g/mol. The normalized spacial score (nSPS) is 33.0. The van der Waals surface area contributed by atoms with Crippen LogP contribution in [0.2, 0.25) is 0 Å². The zero-order valence-corrected chi connectivity index (χ0v) is 12.6. The number of carboxylic acid groups (broad SMARTS) is 1. The van der Waals surface area contributed by atoms with E-state index in [-0.39, 0.29) is 24.0 Å². The number of carbonyl (C=O) groups is 1. The number of aromatic nitrogens is 4. The van der Waals surface area contributed by atoms with Gasteiger partial charge in [0.25, 0.3) is 0 Å². The summed E-state index contributed by atoms with van der Waals surface area (Å²) < 4.78 is 7.27. The SMILES string of the molecule is CCC(C)(C(=O)O)n1nnnc1C1C(C)OC(C)C1C. The predicted molar refractivity (Wildman–Crippen MR) is 71.3 cm³/mol. The molecule has 2 heterocycles. The summed E-state index contributed by atoms with van der Waals surface area (Å²) in [4.78, 5) is 11.6. The maximum atomic E-state index is 11.6. The van der Waals surface area contributed by atoms with Crippen molar-refractivity contribution in [1.82, 2.24) is 20.2 Å². The molecule has 0 aromatic carbocycles. The first-order valence-electron chi connectivity index (χ1n) is 7.00. The molecule has 7 heteroatoms. The van der Waals surface area contributed by atoms with Gasteiger partial charge in [-0.25, -0.2) is 9.48 Å². The molecule has 7 nitrogen and oxygen atoms in total. The van der Waals surface area contributed by atoms with Crippen LogP contribution in [0.5, 0.6) is 0 Å². The molecule has 5 unspecified atom stereocenters. The Hall–Kier alpha value is -1.50. The third kappa shape index (κ3) is 2.09. The Kier molecular flexibility index (Phi) is 3.82. The van der Waals surface area contributed by atoms with Crippen molar-refractivity contribution < 1.29 is 14.6 Å². The minimum atomic E-state index is -1.13. The highest BCUT2D eigenvalue weighted by Crippen LogP contribution is 2.40. The Balaban J connectivity index is 2.46. The van der Waals surface area contributed by atoms with E-state index in [9.17, 15) is 9.90 Å². The lowest BCUT2D eigenvalue weighted by molar-refractivity contribution is -0.147. The summed E-state index contributed by atoms with van der Waals surface area (Å²) >= 11 is 0. The minimum absolute atomic E-state index is 0.00484. The molecule has 112 valence electrons. The molecule has 1 aromatic heterocycles. The van der Waals surface area contributed by atoms with E-state index in [0.29, 0.717) is 12.2 Å². The zero-order chi connectivity index (χ0) is 15.1. The number of carboxylic acids is 1. The summed E-state index contributed by atoms with van der Waals surface area (Å²) in [5, 5.41) is 21.2. The quantitative estimate of drug-likeness (QED) is 0.898. The monoisotopic (exact) mass is 282 g/mol. The van der Waals surface area contributed by atoms with Gasteiger partial charge in [0.1, 0.15) is 0 Å². The van der Waals surface area contributed by atoms with Gasteiger partial charge in [-0.15, -0.1) is 5.10 Å². The fraction of sp³-hybridized carbons (Fsp3) is 0.846. The molecule has 1 aromatic rings. The van der Waals surface area contributed by atoms with Crippen LogP contribution in [-0.2, 0) is 15.1 Å². The van der Waals surface area contributed by atoms with Gasteiger partial charge in [0.15, 0.2) is 11.4 Å². The topological polar surface area (TPSA) is 90.1 Å². The van der Waals surface area contributed by atoms with E-state index in [4.69, 9.17) is 4.74 Å². The first-order chi connectivity index (χ1) is 9.32. The zero-order valence-electron chi connectivity index (χ0n) is 12.6. The van der Waals surface area contributed by atoms with Gasteiger partial charge in [-0.05, 0) is 43.5 Å². The predicted octanol–water partition coefficient (Wildman–Crippen LogP) is 1.41. The third-order valence-electron chi connectivity index (χ3n) is 4.65. The summed E-state index contributed by atoms with van der Waals surface area (Å²) in [6, 6.07) is 0. The summed E-state index contributed by atoms with van der Waals surface area (Å²) in [5.74, 6) is -0.0863. The summed E-state index contributed by atoms with van der Waals surface area (Å²) in [6.07, 6.45) is 0.490. The van der Waals surface area contributed by atoms with Crippen molar-refractivity contribution in [2.24, 2.45) is 5.92 Å². The Bertz CT molecular complexity index is 504. The maximum Gasteiger partial charge on any atom is 0.331 e. The molecule has 20 heavy (non-hydrogen) atoms. The molecule has 0 amide bonds.